The van der Waals surface area contributed by atoms with Crippen LogP contribution in [0.1, 0.15) is 5.56 Å². The Hall–Kier alpha value is -2.65. The van der Waals surface area contributed by atoms with Crippen LogP contribution in [-0.2, 0) is 0 Å². The molecule has 2 aromatic heterocycles. The van der Waals surface area contributed by atoms with Crippen molar-refractivity contribution in [2.24, 2.45) is 0 Å². The summed E-state index contributed by atoms with van der Waals surface area (Å²) in [5.41, 5.74) is 0.548. The van der Waals surface area contributed by atoms with Gasteiger partial charge in [-0.05, 0) is 29.6 Å². The summed E-state index contributed by atoms with van der Waals surface area (Å²) in [4.78, 5) is 9.53. The van der Waals surface area contributed by atoms with Gasteiger partial charge in [-0.3, -0.25) is 0 Å². The Balaban J connectivity index is 2.05. The molecular formula is C14H10N4OS. The second kappa shape index (κ2) is 5.15. The number of ether oxygens (including phenoxy) is 1. The molecule has 0 radical (unpaired) electrons. The first kappa shape index (κ1) is 12.4. The lowest BCUT2D eigenvalue weighted by molar-refractivity contribution is 0.469. The SMILES string of the molecule is CNc1nc(Oc2cccc(C#N)c2)c2ccsc2n1. The van der Waals surface area contributed by atoms with Crippen LogP contribution in [0.3, 0.4) is 0 Å². The van der Waals surface area contributed by atoms with E-state index >= 15 is 0 Å². The molecule has 3 rings (SSSR count). The van der Waals surface area contributed by atoms with Gasteiger partial charge in [0.05, 0.1) is 17.0 Å². The quantitative estimate of drug-likeness (QED) is 0.797. The highest BCUT2D eigenvalue weighted by molar-refractivity contribution is 7.16. The van der Waals surface area contributed by atoms with E-state index in [1.165, 1.54) is 11.3 Å². The predicted octanol–water partition coefficient (Wildman–Crippen LogP) is 3.40. The fourth-order valence-corrected chi connectivity index (χ4v) is 2.51. The predicted molar refractivity (Wildman–Crippen MR) is 78.2 cm³/mol. The van der Waals surface area contributed by atoms with Crippen molar-refractivity contribution < 1.29 is 4.74 Å². The van der Waals surface area contributed by atoms with Crippen LogP contribution in [0, 0.1) is 11.3 Å². The van der Waals surface area contributed by atoms with Crippen molar-refractivity contribution in [2.75, 3.05) is 12.4 Å². The van der Waals surface area contributed by atoms with Gasteiger partial charge in [-0.1, -0.05) is 6.07 Å². The van der Waals surface area contributed by atoms with E-state index in [0.29, 0.717) is 23.1 Å². The molecule has 0 bridgehead atoms. The minimum Gasteiger partial charge on any atom is -0.438 e. The normalized spacial score (nSPS) is 10.2. The number of nitriles is 1. The summed E-state index contributed by atoms with van der Waals surface area (Å²) in [7, 11) is 1.76. The van der Waals surface area contributed by atoms with Gasteiger partial charge in [0.2, 0.25) is 11.8 Å². The van der Waals surface area contributed by atoms with Gasteiger partial charge in [-0.2, -0.15) is 10.2 Å². The molecule has 0 saturated carbocycles. The van der Waals surface area contributed by atoms with Gasteiger partial charge in [-0.15, -0.1) is 11.3 Å². The molecule has 0 atom stereocenters. The zero-order valence-electron chi connectivity index (χ0n) is 10.6. The third kappa shape index (κ3) is 2.27. The standard InChI is InChI=1S/C14H10N4OS/c1-16-14-17-12(11-5-6-20-13(11)18-14)19-10-4-2-3-9(7-10)8-15/h2-7H,1H3,(H,16,17,18). The highest BCUT2D eigenvalue weighted by Crippen LogP contribution is 2.31. The Morgan fingerprint density at radius 1 is 1.30 bits per heavy atom. The molecule has 6 heteroatoms. The summed E-state index contributed by atoms with van der Waals surface area (Å²) in [6, 6.07) is 11.0. The third-order valence-electron chi connectivity index (χ3n) is 2.69. The number of benzene rings is 1. The van der Waals surface area contributed by atoms with E-state index in [1.807, 2.05) is 11.4 Å². The van der Waals surface area contributed by atoms with Gasteiger partial charge in [0.15, 0.2) is 0 Å². The van der Waals surface area contributed by atoms with Gasteiger partial charge in [0, 0.05) is 7.05 Å². The van der Waals surface area contributed by atoms with Gasteiger partial charge in [-0.25, -0.2) is 4.98 Å². The molecule has 20 heavy (non-hydrogen) atoms. The van der Waals surface area contributed by atoms with E-state index in [2.05, 4.69) is 21.4 Å². The molecule has 0 amide bonds. The molecule has 3 aromatic rings. The van der Waals surface area contributed by atoms with E-state index in [0.717, 1.165) is 10.2 Å². The lowest BCUT2D eigenvalue weighted by atomic mass is 10.2. The fourth-order valence-electron chi connectivity index (χ4n) is 1.76. The minimum atomic E-state index is 0.482. The number of nitrogens with one attached hydrogen (secondary N) is 1. The molecule has 0 aliphatic heterocycles. The lowest BCUT2D eigenvalue weighted by Gasteiger charge is -2.07. The Bertz CT molecular complexity index is 806. The fraction of sp³-hybridized carbons (Fsp3) is 0.0714. The molecule has 0 fully saturated rings. The van der Waals surface area contributed by atoms with Crippen LogP contribution >= 0.6 is 11.3 Å². The molecule has 0 saturated heterocycles. The monoisotopic (exact) mass is 282 g/mol. The van der Waals surface area contributed by atoms with E-state index < -0.39 is 0 Å². The second-order valence-electron chi connectivity index (χ2n) is 3.98. The highest BCUT2D eigenvalue weighted by Gasteiger charge is 2.10. The van der Waals surface area contributed by atoms with Gasteiger partial charge >= 0.3 is 0 Å². The largest absolute Gasteiger partial charge is 0.438 e. The molecular weight excluding hydrogens is 272 g/mol. The van der Waals surface area contributed by atoms with Crippen molar-refractivity contribution in [3.8, 4) is 17.7 Å². The zero-order chi connectivity index (χ0) is 13.9. The maximum atomic E-state index is 8.91. The molecule has 0 aliphatic carbocycles. The highest BCUT2D eigenvalue weighted by atomic mass is 32.1. The van der Waals surface area contributed by atoms with Crippen LogP contribution in [0.15, 0.2) is 35.7 Å². The molecule has 1 N–H and O–H groups in total. The molecule has 0 aliphatic rings. The van der Waals surface area contributed by atoms with Crippen LogP contribution in [-0.4, -0.2) is 17.0 Å². The first-order valence-corrected chi connectivity index (χ1v) is 6.79. The Morgan fingerprint density at radius 3 is 3.00 bits per heavy atom. The number of rotatable bonds is 3. The first-order valence-electron chi connectivity index (χ1n) is 5.91. The smallest absolute Gasteiger partial charge is 0.232 e. The van der Waals surface area contributed by atoms with Crippen molar-refractivity contribution in [3.05, 3.63) is 41.3 Å². The number of thiophene rings is 1. The van der Waals surface area contributed by atoms with Crippen molar-refractivity contribution in [1.82, 2.24) is 9.97 Å². The molecule has 0 spiro atoms. The van der Waals surface area contributed by atoms with Crippen LogP contribution < -0.4 is 10.1 Å². The number of fused-ring (bicyclic) bond motifs is 1. The topological polar surface area (TPSA) is 70.8 Å². The summed E-state index contributed by atoms with van der Waals surface area (Å²) < 4.78 is 5.80. The van der Waals surface area contributed by atoms with Crippen LogP contribution in [0.25, 0.3) is 10.2 Å². The number of nitrogens with zero attached hydrogens (tertiary/aromatic N) is 3. The van der Waals surface area contributed by atoms with E-state index in [4.69, 9.17) is 10.00 Å². The van der Waals surface area contributed by atoms with E-state index in [1.54, 1.807) is 31.3 Å². The summed E-state index contributed by atoms with van der Waals surface area (Å²) >= 11 is 1.53. The van der Waals surface area contributed by atoms with Crippen LogP contribution in [0.2, 0.25) is 0 Å². The van der Waals surface area contributed by atoms with Crippen molar-refractivity contribution in [3.63, 3.8) is 0 Å². The molecule has 1 aromatic carbocycles. The number of aromatic nitrogens is 2. The minimum absolute atomic E-state index is 0.482. The number of anilines is 1. The van der Waals surface area contributed by atoms with E-state index in [9.17, 15) is 0 Å². The van der Waals surface area contributed by atoms with E-state index in [-0.39, 0.29) is 0 Å². The first-order chi connectivity index (χ1) is 9.80. The zero-order valence-corrected chi connectivity index (χ0v) is 11.4. The van der Waals surface area contributed by atoms with Gasteiger partial charge in [0.1, 0.15) is 10.6 Å². The van der Waals surface area contributed by atoms with Crippen LogP contribution in [0.4, 0.5) is 5.95 Å². The maximum absolute atomic E-state index is 8.91. The third-order valence-corrected chi connectivity index (χ3v) is 3.50. The summed E-state index contributed by atoms with van der Waals surface area (Å²) in [6.45, 7) is 0. The average Bonchev–Trinajstić information content (AvgIpc) is 2.96. The average molecular weight is 282 g/mol. The molecule has 2 heterocycles. The Morgan fingerprint density at radius 2 is 2.20 bits per heavy atom. The Kier molecular flexibility index (Phi) is 3.19. The summed E-state index contributed by atoms with van der Waals surface area (Å²) in [5, 5.41) is 14.6. The van der Waals surface area contributed by atoms with Crippen molar-refractivity contribution >= 4 is 27.5 Å². The Labute approximate surface area is 119 Å². The number of hydrogen-bond donors (Lipinski definition) is 1. The number of hydrogen-bond acceptors (Lipinski definition) is 6. The maximum Gasteiger partial charge on any atom is 0.232 e. The van der Waals surface area contributed by atoms with Crippen molar-refractivity contribution in [1.29, 1.82) is 5.26 Å². The lowest BCUT2D eigenvalue weighted by Crippen LogP contribution is -1.98. The van der Waals surface area contributed by atoms with Crippen LogP contribution in [0.5, 0.6) is 11.6 Å². The molecule has 5 nitrogen and oxygen atoms in total. The summed E-state index contributed by atoms with van der Waals surface area (Å²) in [5.74, 6) is 1.57. The van der Waals surface area contributed by atoms with Crippen molar-refractivity contribution in [2.45, 2.75) is 0 Å². The second-order valence-corrected chi connectivity index (χ2v) is 4.88. The van der Waals surface area contributed by atoms with Gasteiger partial charge < -0.3 is 10.1 Å². The summed E-state index contributed by atoms with van der Waals surface area (Å²) in [6.07, 6.45) is 0. The molecule has 0 unspecified atom stereocenters. The van der Waals surface area contributed by atoms with Gasteiger partial charge in [0.25, 0.3) is 0 Å². The molecule has 98 valence electrons.